The van der Waals surface area contributed by atoms with E-state index in [1.807, 2.05) is 30.3 Å². The SMILES string of the molecule is COc1ccc(CCNc2ccnc(Nc3cccc(C(C)=O)c3)n2)cc1. The van der Waals surface area contributed by atoms with Gasteiger partial charge in [-0.15, -0.1) is 0 Å². The van der Waals surface area contributed by atoms with Gasteiger partial charge < -0.3 is 15.4 Å². The van der Waals surface area contributed by atoms with Crippen LogP contribution in [0.15, 0.2) is 60.8 Å². The van der Waals surface area contributed by atoms with E-state index in [9.17, 15) is 4.79 Å². The summed E-state index contributed by atoms with van der Waals surface area (Å²) in [4.78, 5) is 20.2. The normalized spacial score (nSPS) is 10.3. The van der Waals surface area contributed by atoms with E-state index in [2.05, 4.69) is 32.7 Å². The third-order valence-electron chi connectivity index (χ3n) is 4.06. The molecule has 0 radical (unpaired) electrons. The van der Waals surface area contributed by atoms with E-state index in [-0.39, 0.29) is 5.78 Å². The lowest BCUT2D eigenvalue weighted by Gasteiger charge is -2.09. The molecular weight excluding hydrogens is 340 g/mol. The fourth-order valence-corrected chi connectivity index (χ4v) is 2.59. The van der Waals surface area contributed by atoms with Gasteiger partial charge in [-0.25, -0.2) is 4.98 Å². The van der Waals surface area contributed by atoms with Crippen molar-refractivity contribution in [3.63, 3.8) is 0 Å². The largest absolute Gasteiger partial charge is 0.497 e. The molecule has 2 aromatic carbocycles. The molecule has 0 atom stereocenters. The maximum Gasteiger partial charge on any atom is 0.229 e. The summed E-state index contributed by atoms with van der Waals surface area (Å²) in [5.74, 6) is 2.09. The van der Waals surface area contributed by atoms with Crippen LogP contribution in [0.4, 0.5) is 17.5 Å². The highest BCUT2D eigenvalue weighted by Gasteiger charge is 2.03. The van der Waals surface area contributed by atoms with Crippen LogP contribution in [0.2, 0.25) is 0 Å². The van der Waals surface area contributed by atoms with Gasteiger partial charge in [-0.1, -0.05) is 24.3 Å². The number of rotatable bonds is 8. The maximum atomic E-state index is 11.5. The van der Waals surface area contributed by atoms with Gasteiger partial charge in [-0.2, -0.15) is 4.98 Å². The van der Waals surface area contributed by atoms with Crippen LogP contribution >= 0.6 is 0 Å². The lowest BCUT2D eigenvalue weighted by atomic mass is 10.1. The molecule has 0 bridgehead atoms. The summed E-state index contributed by atoms with van der Waals surface area (Å²) >= 11 is 0. The zero-order chi connectivity index (χ0) is 19.1. The molecule has 0 spiro atoms. The molecule has 1 aromatic heterocycles. The highest BCUT2D eigenvalue weighted by atomic mass is 16.5. The summed E-state index contributed by atoms with van der Waals surface area (Å²) < 4.78 is 5.17. The lowest BCUT2D eigenvalue weighted by molar-refractivity contribution is 0.101. The zero-order valence-corrected chi connectivity index (χ0v) is 15.4. The molecule has 0 aliphatic carbocycles. The van der Waals surface area contributed by atoms with Crippen molar-refractivity contribution in [3.05, 3.63) is 71.9 Å². The molecule has 138 valence electrons. The Morgan fingerprint density at radius 2 is 1.93 bits per heavy atom. The van der Waals surface area contributed by atoms with E-state index in [1.165, 1.54) is 5.56 Å². The average Bonchev–Trinajstić information content (AvgIpc) is 2.69. The molecule has 0 aliphatic rings. The number of nitrogens with zero attached hydrogens (tertiary/aromatic N) is 2. The molecule has 2 N–H and O–H groups in total. The number of hydrogen-bond acceptors (Lipinski definition) is 6. The number of nitrogens with one attached hydrogen (secondary N) is 2. The minimum absolute atomic E-state index is 0.0218. The molecule has 0 fully saturated rings. The van der Waals surface area contributed by atoms with Crippen molar-refractivity contribution >= 4 is 23.2 Å². The van der Waals surface area contributed by atoms with Gasteiger partial charge in [0.05, 0.1) is 7.11 Å². The molecule has 3 aromatic rings. The topological polar surface area (TPSA) is 76.1 Å². The molecule has 6 heteroatoms. The van der Waals surface area contributed by atoms with E-state index < -0.39 is 0 Å². The van der Waals surface area contributed by atoms with Crippen LogP contribution in [0, 0.1) is 0 Å². The van der Waals surface area contributed by atoms with Crippen LogP contribution in [0.1, 0.15) is 22.8 Å². The lowest BCUT2D eigenvalue weighted by Crippen LogP contribution is -2.08. The molecule has 0 unspecified atom stereocenters. The summed E-state index contributed by atoms with van der Waals surface area (Å²) in [7, 11) is 1.66. The van der Waals surface area contributed by atoms with Crippen molar-refractivity contribution in [2.75, 3.05) is 24.3 Å². The van der Waals surface area contributed by atoms with Gasteiger partial charge in [0.1, 0.15) is 11.6 Å². The summed E-state index contributed by atoms with van der Waals surface area (Å²) in [6.07, 6.45) is 2.57. The summed E-state index contributed by atoms with van der Waals surface area (Å²) in [6, 6.07) is 17.1. The second-order valence-corrected chi connectivity index (χ2v) is 6.05. The second kappa shape index (κ2) is 8.80. The highest BCUT2D eigenvalue weighted by Crippen LogP contribution is 2.16. The Hall–Kier alpha value is -3.41. The van der Waals surface area contributed by atoms with Crippen molar-refractivity contribution in [1.82, 2.24) is 9.97 Å². The minimum atomic E-state index is 0.0218. The Labute approximate surface area is 158 Å². The quantitative estimate of drug-likeness (QED) is 0.588. The number of ether oxygens (including phenoxy) is 1. The number of anilines is 3. The van der Waals surface area contributed by atoms with E-state index in [1.54, 1.807) is 32.4 Å². The van der Waals surface area contributed by atoms with Crippen molar-refractivity contribution < 1.29 is 9.53 Å². The Kier molecular flexibility index (Phi) is 5.99. The molecule has 0 saturated heterocycles. The third kappa shape index (κ3) is 5.28. The van der Waals surface area contributed by atoms with Crippen molar-refractivity contribution in [3.8, 4) is 5.75 Å². The molecule has 6 nitrogen and oxygen atoms in total. The number of carbonyl (C=O) groups excluding carboxylic acids is 1. The first-order valence-electron chi connectivity index (χ1n) is 8.72. The van der Waals surface area contributed by atoms with Gasteiger partial charge in [-0.3, -0.25) is 4.79 Å². The molecule has 0 aliphatic heterocycles. The Morgan fingerprint density at radius 3 is 2.67 bits per heavy atom. The van der Waals surface area contributed by atoms with Crippen molar-refractivity contribution in [2.24, 2.45) is 0 Å². The molecule has 0 amide bonds. The van der Waals surface area contributed by atoms with Crippen molar-refractivity contribution in [2.45, 2.75) is 13.3 Å². The summed E-state index contributed by atoms with van der Waals surface area (Å²) in [5, 5.41) is 6.43. The standard InChI is InChI=1S/C21H22N4O2/c1-15(26)17-4-3-5-18(14-17)24-21-23-13-11-20(25-21)22-12-10-16-6-8-19(27-2)9-7-16/h3-9,11,13-14H,10,12H2,1-2H3,(H2,22,23,24,25). The number of ketones is 1. The Balaban J connectivity index is 1.58. The van der Waals surface area contributed by atoms with Crippen LogP contribution in [0.25, 0.3) is 0 Å². The van der Waals surface area contributed by atoms with Gasteiger partial charge in [0.2, 0.25) is 5.95 Å². The molecule has 3 rings (SSSR count). The Bertz CT molecular complexity index is 910. The monoisotopic (exact) mass is 362 g/mol. The summed E-state index contributed by atoms with van der Waals surface area (Å²) in [6.45, 7) is 2.30. The highest BCUT2D eigenvalue weighted by molar-refractivity contribution is 5.95. The van der Waals surface area contributed by atoms with Crippen molar-refractivity contribution in [1.29, 1.82) is 0 Å². The molecule has 0 saturated carbocycles. The van der Waals surface area contributed by atoms with Crippen LogP contribution < -0.4 is 15.4 Å². The predicted molar refractivity (Wildman–Crippen MR) is 107 cm³/mol. The number of carbonyl (C=O) groups is 1. The van der Waals surface area contributed by atoms with Gasteiger partial charge in [0.25, 0.3) is 0 Å². The van der Waals surface area contributed by atoms with Gasteiger partial charge in [0.15, 0.2) is 5.78 Å². The van der Waals surface area contributed by atoms with Crippen LogP contribution in [0.3, 0.4) is 0 Å². The van der Waals surface area contributed by atoms with E-state index >= 15 is 0 Å². The fourth-order valence-electron chi connectivity index (χ4n) is 2.59. The van der Waals surface area contributed by atoms with Gasteiger partial charge in [-0.05, 0) is 49.2 Å². The minimum Gasteiger partial charge on any atom is -0.497 e. The first-order valence-corrected chi connectivity index (χ1v) is 8.72. The maximum absolute atomic E-state index is 11.5. The number of Topliss-reactive ketones (excluding diaryl/α,β-unsaturated/α-hetero) is 1. The smallest absolute Gasteiger partial charge is 0.229 e. The first-order chi connectivity index (χ1) is 13.1. The number of methoxy groups -OCH3 is 1. The fraction of sp³-hybridized carbons (Fsp3) is 0.190. The van der Waals surface area contributed by atoms with Gasteiger partial charge in [0, 0.05) is 24.0 Å². The van der Waals surface area contributed by atoms with E-state index in [0.29, 0.717) is 11.5 Å². The van der Waals surface area contributed by atoms with Crippen LogP contribution in [-0.2, 0) is 6.42 Å². The first kappa shape index (κ1) is 18.4. The zero-order valence-electron chi connectivity index (χ0n) is 15.4. The second-order valence-electron chi connectivity index (χ2n) is 6.05. The van der Waals surface area contributed by atoms with Gasteiger partial charge >= 0.3 is 0 Å². The Morgan fingerprint density at radius 1 is 1.11 bits per heavy atom. The van der Waals surface area contributed by atoms with E-state index in [4.69, 9.17) is 4.74 Å². The van der Waals surface area contributed by atoms with E-state index in [0.717, 1.165) is 30.2 Å². The molecular formula is C21H22N4O2. The molecule has 1 heterocycles. The summed E-state index contributed by atoms with van der Waals surface area (Å²) in [5.41, 5.74) is 2.64. The molecule has 27 heavy (non-hydrogen) atoms. The third-order valence-corrected chi connectivity index (χ3v) is 4.06. The predicted octanol–water partition coefficient (Wildman–Crippen LogP) is 4.09. The number of aromatic nitrogens is 2. The number of hydrogen-bond donors (Lipinski definition) is 2. The van der Waals surface area contributed by atoms with Crippen LogP contribution in [0.5, 0.6) is 5.75 Å². The number of benzene rings is 2. The van der Waals surface area contributed by atoms with Crippen LogP contribution in [-0.4, -0.2) is 29.4 Å². The average molecular weight is 362 g/mol.